The van der Waals surface area contributed by atoms with E-state index in [-0.39, 0.29) is 17.6 Å². The van der Waals surface area contributed by atoms with Crippen molar-refractivity contribution in [2.24, 2.45) is 5.73 Å². The molecule has 0 bridgehead atoms. The van der Waals surface area contributed by atoms with Gasteiger partial charge in [0, 0.05) is 36.8 Å². The number of carbonyl (C=O) groups is 1. The lowest BCUT2D eigenvalue weighted by atomic mass is 10.1. The topological polar surface area (TPSA) is 89.5 Å². The molecule has 102 valence electrons. The van der Waals surface area contributed by atoms with Gasteiger partial charge in [-0.1, -0.05) is 6.07 Å². The van der Waals surface area contributed by atoms with Crippen LogP contribution in [0.3, 0.4) is 0 Å². The maximum atomic E-state index is 12.5. The number of carbonyl (C=O) groups excluding carboxylic acids is 1. The molecule has 1 saturated heterocycles. The van der Waals surface area contributed by atoms with E-state index < -0.39 is 4.92 Å². The third kappa shape index (κ3) is 2.58. The fraction of sp³-hybridized carbons (Fsp3) is 0.462. The summed E-state index contributed by atoms with van der Waals surface area (Å²) in [6.07, 6.45) is 1.83. The second kappa shape index (κ2) is 5.36. The van der Waals surface area contributed by atoms with Crippen molar-refractivity contribution in [2.45, 2.75) is 25.8 Å². The molecule has 0 saturated carbocycles. The molecule has 19 heavy (non-hydrogen) atoms. The van der Waals surface area contributed by atoms with Gasteiger partial charge in [0.25, 0.3) is 11.6 Å². The van der Waals surface area contributed by atoms with Gasteiger partial charge in [-0.05, 0) is 25.3 Å². The Hall–Kier alpha value is -1.95. The smallest absolute Gasteiger partial charge is 0.270 e. The SMILES string of the molecule is Cc1ccc([N+](=O)[O-])cc1C(=O)N1CCCC1CN. The third-order valence-corrected chi connectivity index (χ3v) is 3.57. The zero-order valence-corrected chi connectivity index (χ0v) is 10.8. The second-order valence-corrected chi connectivity index (χ2v) is 4.79. The van der Waals surface area contributed by atoms with Gasteiger partial charge in [-0.3, -0.25) is 14.9 Å². The number of non-ortho nitro benzene ring substituents is 1. The molecule has 2 N–H and O–H groups in total. The van der Waals surface area contributed by atoms with Crippen molar-refractivity contribution >= 4 is 11.6 Å². The first kappa shape index (κ1) is 13.5. The molecule has 0 aliphatic carbocycles. The quantitative estimate of drug-likeness (QED) is 0.660. The zero-order chi connectivity index (χ0) is 14.0. The molecule has 2 rings (SSSR count). The van der Waals surface area contributed by atoms with E-state index in [9.17, 15) is 14.9 Å². The molecule has 6 heteroatoms. The predicted molar refractivity (Wildman–Crippen MR) is 70.9 cm³/mol. The number of nitro benzene ring substituents is 1. The monoisotopic (exact) mass is 263 g/mol. The summed E-state index contributed by atoms with van der Waals surface area (Å²) in [5, 5.41) is 10.8. The van der Waals surface area contributed by atoms with Crippen LogP contribution in [0, 0.1) is 17.0 Å². The maximum Gasteiger partial charge on any atom is 0.270 e. The van der Waals surface area contributed by atoms with E-state index in [2.05, 4.69) is 0 Å². The number of hydrogen-bond donors (Lipinski definition) is 1. The molecular weight excluding hydrogens is 246 g/mol. The Morgan fingerprint density at radius 2 is 2.32 bits per heavy atom. The molecule has 1 fully saturated rings. The van der Waals surface area contributed by atoms with Crippen LogP contribution in [0.15, 0.2) is 18.2 Å². The highest BCUT2D eigenvalue weighted by molar-refractivity contribution is 5.96. The number of amides is 1. The van der Waals surface area contributed by atoms with Crippen LogP contribution in [-0.2, 0) is 0 Å². The first-order valence-corrected chi connectivity index (χ1v) is 6.30. The van der Waals surface area contributed by atoms with Crippen LogP contribution >= 0.6 is 0 Å². The summed E-state index contributed by atoms with van der Waals surface area (Å²) in [6.45, 7) is 2.88. The van der Waals surface area contributed by atoms with E-state index in [0.29, 0.717) is 18.7 Å². The highest BCUT2D eigenvalue weighted by Gasteiger charge is 2.29. The van der Waals surface area contributed by atoms with Crippen LogP contribution in [0.25, 0.3) is 0 Å². The largest absolute Gasteiger partial charge is 0.334 e. The Morgan fingerprint density at radius 1 is 1.58 bits per heavy atom. The number of nitro groups is 1. The normalized spacial score (nSPS) is 18.6. The Kier molecular flexibility index (Phi) is 3.80. The minimum absolute atomic E-state index is 0.0474. The van der Waals surface area contributed by atoms with Gasteiger partial charge in [-0.15, -0.1) is 0 Å². The molecular formula is C13H17N3O3. The molecule has 1 unspecified atom stereocenters. The third-order valence-electron chi connectivity index (χ3n) is 3.57. The van der Waals surface area contributed by atoms with Gasteiger partial charge < -0.3 is 10.6 Å². The molecule has 1 amide bonds. The number of aryl methyl sites for hydroxylation is 1. The van der Waals surface area contributed by atoms with E-state index in [1.165, 1.54) is 12.1 Å². The summed E-state index contributed by atoms with van der Waals surface area (Å²) in [7, 11) is 0. The first-order valence-electron chi connectivity index (χ1n) is 6.30. The highest BCUT2D eigenvalue weighted by atomic mass is 16.6. The Balaban J connectivity index is 2.32. The van der Waals surface area contributed by atoms with Crippen LogP contribution in [0.4, 0.5) is 5.69 Å². The van der Waals surface area contributed by atoms with E-state index >= 15 is 0 Å². The number of nitrogens with zero attached hydrogens (tertiary/aromatic N) is 2. The van der Waals surface area contributed by atoms with Gasteiger partial charge in [-0.2, -0.15) is 0 Å². The number of nitrogens with two attached hydrogens (primary N) is 1. The lowest BCUT2D eigenvalue weighted by Crippen LogP contribution is -2.40. The minimum atomic E-state index is -0.485. The van der Waals surface area contributed by atoms with Crippen LogP contribution < -0.4 is 5.73 Å². The van der Waals surface area contributed by atoms with Crippen molar-refractivity contribution in [3.63, 3.8) is 0 Å². The summed E-state index contributed by atoms with van der Waals surface area (Å²) in [5.74, 6) is -0.158. The molecule has 0 spiro atoms. The Labute approximate surface area is 111 Å². The highest BCUT2D eigenvalue weighted by Crippen LogP contribution is 2.23. The zero-order valence-electron chi connectivity index (χ0n) is 10.8. The summed E-state index contributed by atoms with van der Waals surface area (Å²) in [4.78, 5) is 24.5. The second-order valence-electron chi connectivity index (χ2n) is 4.79. The van der Waals surface area contributed by atoms with Gasteiger partial charge in [0.05, 0.1) is 4.92 Å². The summed E-state index contributed by atoms with van der Waals surface area (Å²) >= 11 is 0. The van der Waals surface area contributed by atoms with Crippen molar-refractivity contribution < 1.29 is 9.72 Å². The number of rotatable bonds is 3. The van der Waals surface area contributed by atoms with Crippen molar-refractivity contribution in [3.8, 4) is 0 Å². The van der Waals surface area contributed by atoms with Crippen LogP contribution in [0.2, 0.25) is 0 Å². The maximum absolute atomic E-state index is 12.5. The number of likely N-dealkylation sites (tertiary alicyclic amines) is 1. The van der Waals surface area contributed by atoms with Crippen LogP contribution in [-0.4, -0.2) is 34.9 Å². The van der Waals surface area contributed by atoms with Gasteiger partial charge in [-0.25, -0.2) is 0 Å². The van der Waals surface area contributed by atoms with E-state index in [0.717, 1.165) is 18.4 Å². The van der Waals surface area contributed by atoms with E-state index in [4.69, 9.17) is 5.73 Å². The first-order chi connectivity index (χ1) is 9.04. The standard InChI is InChI=1S/C13H17N3O3/c1-9-4-5-10(16(18)19)7-12(9)13(17)15-6-2-3-11(15)8-14/h4-5,7,11H,2-3,6,8,14H2,1H3. The molecule has 1 aliphatic rings. The molecule has 1 heterocycles. The van der Waals surface area contributed by atoms with Crippen molar-refractivity contribution in [2.75, 3.05) is 13.1 Å². The fourth-order valence-corrected chi connectivity index (χ4v) is 2.46. The Morgan fingerprint density at radius 3 is 2.95 bits per heavy atom. The van der Waals surface area contributed by atoms with Gasteiger partial charge in [0.1, 0.15) is 0 Å². The Bertz CT molecular complexity index is 516. The van der Waals surface area contributed by atoms with Gasteiger partial charge in [0.2, 0.25) is 0 Å². The van der Waals surface area contributed by atoms with Gasteiger partial charge >= 0.3 is 0 Å². The summed E-state index contributed by atoms with van der Waals surface area (Å²) in [6, 6.07) is 4.42. The van der Waals surface area contributed by atoms with Crippen molar-refractivity contribution in [3.05, 3.63) is 39.4 Å². The average Bonchev–Trinajstić information content (AvgIpc) is 2.86. The lowest BCUT2D eigenvalue weighted by Gasteiger charge is -2.24. The molecule has 1 aromatic carbocycles. The van der Waals surface area contributed by atoms with Crippen LogP contribution in [0.5, 0.6) is 0 Å². The number of benzene rings is 1. The van der Waals surface area contributed by atoms with Crippen LogP contribution in [0.1, 0.15) is 28.8 Å². The fourth-order valence-electron chi connectivity index (χ4n) is 2.46. The molecule has 1 atom stereocenters. The number of hydrogen-bond acceptors (Lipinski definition) is 4. The predicted octanol–water partition coefficient (Wildman–Crippen LogP) is 1.47. The van der Waals surface area contributed by atoms with Crippen molar-refractivity contribution in [1.29, 1.82) is 0 Å². The molecule has 6 nitrogen and oxygen atoms in total. The minimum Gasteiger partial charge on any atom is -0.334 e. The molecule has 0 radical (unpaired) electrons. The summed E-state index contributed by atoms with van der Waals surface area (Å²) in [5.41, 5.74) is 6.74. The van der Waals surface area contributed by atoms with Gasteiger partial charge in [0.15, 0.2) is 0 Å². The molecule has 1 aliphatic heterocycles. The molecule has 1 aromatic rings. The van der Waals surface area contributed by atoms with E-state index in [1.54, 1.807) is 17.9 Å². The van der Waals surface area contributed by atoms with E-state index in [1.807, 2.05) is 0 Å². The molecule has 0 aromatic heterocycles. The lowest BCUT2D eigenvalue weighted by molar-refractivity contribution is -0.384. The summed E-state index contributed by atoms with van der Waals surface area (Å²) < 4.78 is 0. The van der Waals surface area contributed by atoms with Crippen molar-refractivity contribution in [1.82, 2.24) is 4.90 Å². The average molecular weight is 263 g/mol.